The van der Waals surface area contributed by atoms with Gasteiger partial charge in [-0.25, -0.2) is 9.67 Å². The average molecular weight is 307 g/mol. The molecular formula is C16H23ClN4. The van der Waals surface area contributed by atoms with Crippen molar-refractivity contribution < 1.29 is 0 Å². The van der Waals surface area contributed by atoms with Crippen LogP contribution in [0.5, 0.6) is 0 Å². The summed E-state index contributed by atoms with van der Waals surface area (Å²) in [6.07, 6.45) is 0. The van der Waals surface area contributed by atoms with Gasteiger partial charge in [0.15, 0.2) is 5.82 Å². The summed E-state index contributed by atoms with van der Waals surface area (Å²) in [7, 11) is 0. The van der Waals surface area contributed by atoms with E-state index in [1.54, 1.807) is 0 Å². The fourth-order valence-corrected chi connectivity index (χ4v) is 2.31. The highest BCUT2D eigenvalue weighted by Crippen LogP contribution is 2.19. The number of rotatable bonds is 5. The third-order valence-electron chi connectivity index (χ3n) is 3.62. The quantitative estimate of drug-likeness (QED) is 0.918. The Labute approximate surface area is 131 Å². The lowest BCUT2D eigenvalue weighted by molar-refractivity contribution is 0.547. The first-order valence-corrected chi connectivity index (χ1v) is 7.67. The van der Waals surface area contributed by atoms with Crippen LogP contribution in [0.15, 0.2) is 12.1 Å². The van der Waals surface area contributed by atoms with Crippen LogP contribution in [-0.4, -0.2) is 21.3 Å². The highest BCUT2D eigenvalue weighted by Gasteiger charge is 2.12. The molecule has 0 aromatic carbocycles. The minimum atomic E-state index is 0.602. The molecule has 0 aliphatic heterocycles. The van der Waals surface area contributed by atoms with Gasteiger partial charge in [0.05, 0.1) is 16.4 Å². The van der Waals surface area contributed by atoms with Crippen molar-refractivity contribution in [3.05, 3.63) is 39.8 Å². The van der Waals surface area contributed by atoms with E-state index in [9.17, 15) is 0 Å². The van der Waals surface area contributed by atoms with Crippen LogP contribution in [0, 0.1) is 26.7 Å². The SMILES string of the molecule is Cc1nn(-c2ccc(Cl)c(CNCC(C)C)n2)c(C)c1C. The lowest BCUT2D eigenvalue weighted by Crippen LogP contribution is -2.20. The Kier molecular flexibility index (Phi) is 5.01. The van der Waals surface area contributed by atoms with E-state index in [1.165, 1.54) is 5.56 Å². The van der Waals surface area contributed by atoms with E-state index in [0.717, 1.165) is 29.4 Å². The summed E-state index contributed by atoms with van der Waals surface area (Å²) in [6, 6.07) is 3.80. The van der Waals surface area contributed by atoms with Crippen molar-refractivity contribution in [3.63, 3.8) is 0 Å². The first-order chi connectivity index (χ1) is 9.90. The van der Waals surface area contributed by atoms with Crippen LogP contribution < -0.4 is 5.32 Å². The molecule has 0 unspecified atom stereocenters. The minimum Gasteiger partial charge on any atom is -0.311 e. The van der Waals surface area contributed by atoms with Gasteiger partial charge in [-0.2, -0.15) is 5.10 Å². The Morgan fingerprint density at radius 2 is 1.95 bits per heavy atom. The Bertz CT molecular complexity index is 631. The number of hydrogen-bond acceptors (Lipinski definition) is 3. The number of pyridine rings is 1. The molecule has 0 aliphatic carbocycles. The Balaban J connectivity index is 2.27. The number of aryl methyl sites for hydroxylation is 1. The van der Waals surface area contributed by atoms with Gasteiger partial charge in [0, 0.05) is 12.2 Å². The van der Waals surface area contributed by atoms with Crippen LogP contribution in [0.3, 0.4) is 0 Å². The summed E-state index contributed by atoms with van der Waals surface area (Å²) in [4.78, 5) is 4.66. The van der Waals surface area contributed by atoms with Crippen molar-refractivity contribution >= 4 is 11.6 Å². The smallest absolute Gasteiger partial charge is 0.154 e. The van der Waals surface area contributed by atoms with E-state index in [1.807, 2.05) is 23.7 Å². The second kappa shape index (κ2) is 6.58. The highest BCUT2D eigenvalue weighted by molar-refractivity contribution is 6.31. The van der Waals surface area contributed by atoms with Gasteiger partial charge < -0.3 is 5.32 Å². The summed E-state index contributed by atoms with van der Waals surface area (Å²) in [5, 5.41) is 8.61. The molecule has 5 heteroatoms. The van der Waals surface area contributed by atoms with Crippen LogP contribution in [0.1, 0.15) is 36.5 Å². The minimum absolute atomic E-state index is 0.602. The summed E-state index contributed by atoms with van der Waals surface area (Å²) < 4.78 is 1.88. The van der Waals surface area contributed by atoms with E-state index in [4.69, 9.17) is 11.6 Å². The molecule has 4 nitrogen and oxygen atoms in total. The van der Waals surface area contributed by atoms with Gasteiger partial charge in [-0.15, -0.1) is 0 Å². The molecule has 0 amide bonds. The molecule has 0 bridgehead atoms. The lowest BCUT2D eigenvalue weighted by Gasteiger charge is -2.10. The number of hydrogen-bond donors (Lipinski definition) is 1. The maximum absolute atomic E-state index is 6.24. The van der Waals surface area contributed by atoms with Crippen molar-refractivity contribution in [1.82, 2.24) is 20.1 Å². The number of aromatic nitrogens is 3. The fourth-order valence-electron chi connectivity index (χ4n) is 2.14. The number of halogens is 1. The second-order valence-electron chi connectivity index (χ2n) is 5.83. The molecule has 2 aromatic rings. The van der Waals surface area contributed by atoms with Crippen molar-refractivity contribution in [2.24, 2.45) is 5.92 Å². The lowest BCUT2D eigenvalue weighted by atomic mass is 10.2. The molecule has 0 spiro atoms. The molecule has 0 saturated heterocycles. The molecule has 0 radical (unpaired) electrons. The van der Waals surface area contributed by atoms with Gasteiger partial charge in [0.1, 0.15) is 0 Å². The summed E-state index contributed by atoms with van der Waals surface area (Å²) in [6.45, 7) is 12.1. The van der Waals surface area contributed by atoms with Gasteiger partial charge in [-0.3, -0.25) is 0 Å². The third-order valence-corrected chi connectivity index (χ3v) is 3.96. The standard InChI is InChI=1S/C16H23ClN4/c1-10(2)8-18-9-15-14(17)6-7-16(19-15)21-13(5)11(3)12(4)20-21/h6-7,10,18H,8-9H2,1-5H3. The van der Waals surface area contributed by atoms with Crippen molar-refractivity contribution in [3.8, 4) is 5.82 Å². The summed E-state index contributed by atoms with van der Waals surface area (Å²) >= 11 is 6.24. The first-order valence-electron chi connectivity index (χ1n) is 7.29. The van der Waals surface area contributed by atoms with Gasteiger partial charge in [-0.05, 0) is 50.9 Å². The summed E-state index contributed by atoms with van der Waals surface area (Å²) in [5.41, 5.74) is 4.21. The zero-order valence-corrected chi connectivity index (χ0v) is 14.1. The molecule has 1 N–H and O–H groups in total. The van der Waals surface area contributed by atoms with Crippen molar-refractivity contribution in [1.29, 1.82) is 0 Å². The topological polar surface area (TPSA) is 42.7 Å². The first kappa shape index (κ1) is 16.0. The van der Waals surface area contributed by atoms with Crippen LogP contribution in [0.4, 0.5) is 0 Å². The van der Waals surface area contributed by atoms with Crippen LogP contribution in [-0.2, 0) is 6.54 Å². The normalized spacial score (nSPS) is 11.4. The molecule has 0 aliphatic rings. The van der Waals surface area contributed by atoms with Crippen LogP contribution in [0.25, 0.3) is 5.82 Å². The highest BCUT2D eigenvalue weighted by atomic mass is 35.5. The van der Waals surface area contributed by atoms with E-state index in [-0.39, 0.29) is 0 Å². The second-order valence-corrected chi connectivity index (χ2v) is 6.24. The van der Waals surface area contributed by atoms with Gasteiger partial charge in [-0.1, -0.05) is 25.4 Å². The van der Waals surface area contributed by atoms with Crippen molar-refractivity contribution in [2.45, 2.75) is 41.2 Å². The Hall–Kier alpha value is -1.39. The Morgan fingerprint density at radius 1 is 1.24 bits per heavy atom. The van der Waals surface area contributed by atoms with Gasteiger partial charge in [0.25, 0.3) is 0 Å². The number of nitrogens with zero attached hydrogens (tertiary/aromatic N) is 3. The molecule has 0 atom stereocenters. The van der Waals surface area contributed by atoms with Gasteiger partial charge in [0.2, 0.25) is 0 Å². The van der Waals surface area contributed by atoms with E-state index >= 15 is 0 Å². The van der Waals surface area contributed by atoms with Crippen LogP contribution >= 0.6 is 11.6 Å². The van der Waals surface area contributed by atoms with E-state index in [2.05, 4.69) is 43.1 Å². The molecule has 0 fully saturated rings. The predicted molar refractivity (Wildman–Crippen MR) is 87.1 cm³/mol. The van der Waals surface area contributed by atoms with Crippen molar-refractivity contribution in [2.75, 3.05) is 6.54 Å². The molecule has 21 heavy (non-hydrogen) atoms. The monoisotopic (exact) mass is 306 g/mol. The van der Waals surface area contributed by atoms with E-state index < -0.39 is 0 Å². The average Bonchev–Trinajstić information content (AvgIpc) is 2.68. The molecule has 2 aromatic heterocycles. The zero-order valence-electron chi connectivity index (χ0n) is 13.4. The molecule has 114 valence electrons. The zero-order chi connectivity index (χ0) is 15.6. The fraction of sp³-hybridized carbons (Fsp3) is 0.500. The maximum atomic E-state index is 6.24. The van der Waals surface area contributed by atoms with E-state index in [0.29, 0.717) is 17.5 Å². The summed E-state index contributed by atoms with van der Waals surface area (Å²) in [5.74, 6) is 1.42. The molecule has 2 heterocycles. The largest absolute Gasteiger partial charge is 0.311 e. The Morgan fingerprint density at radius 3 is 2.52 bits per heavy atom. The predicted octanol–water partition coefficient (Wildman–Crippen LogP) is 3.59. The maximum Gasteiger partial charge on any atom is 0.154 e. The van der Waals surface area contributed by atoms with Crippen LogP contribution in [0.2, 0.25) is 5.02 Å². The number of nitrogens with one attached hydrogen (secondary N) is 1. The molecule has 2 rings (SSSR count). The molecular weight excluding hydrogens is 284 g/mol. The van der Waals surface area contributed by atoms with Gasteiger partial charge >= 0.3 is 0 Å². The molecule has 0 saturated carbocycles. The third kappa shape index (κ3) is 3.63.